The maximum Gasteiger partial charge on any atom is 0.315 e. The van der Waals surface area contributed by atoms with E-state index < -0.39 is 0 Å². The number of hydrogen-bond donors (Lipinski definition) is 3. The molecule has 6 nitrogen and oxygen atoms in total. The van der Waals surface area contributed by atoms with Crippen molar-refractivity contribution in [1.29, 1.82) is 0 Å². The van der Waals surface area contributed by atoms with E-state index in [0.717, 1.165) is 55.6 Å². The van der Waals surface area contributed by atoms with Crippen molar-refractivity contribution in [2.45, 2.75) is 82.6 Å². The second-order valence-electron chi connectivity index (χ2n) is 9.83. The van der Waals surface area contributed by atoms with Gasteiger partial charge in [-0.25, -0.2) is 9.78 Å². The van der Waals surface area contributed by atoms with Crippen LogP contribution >= 0.6 is 11.3 Å². The number of carbonyl (C=O) groups excluding carboxylic acids is 2. The summed E-state index contributed by atoms with van der Waals surface area (Å²) in [6, 6.07) is -0.110. The minimum atomic E-state index is -0.110. The van der Waals surface area contributed by atoms with Gasteiger partial charge in [0.1, 0.15) is 0 Å². The molecule has 0 atom stereocenters. The number of amides is 3. The molecular formula is C22H32N4O2S. The summed E-state index contributed by atoms with van der Waals surface area (Å²) >= 11 is 1.61. The van der Waals surface area contributed by atoms with Crippen molar-refractivity contribution in [2.75, 3.05) is 11.9 Å². The van der Waals surface area contributed by atoms with Crippen molar-refractivity contribution in [3.8, 4) is 0 Å². The number of nitrogens with one attached hydrogen (secondary N) is 3. The van der Waals surface area contributed by atoms with Gasteiger partial charge in [-0.05, 0) is 82.0 Å². The van der Waals surface area contributed by atoms with Crippen LogP contribution in [0.15, 0.2) is 0 Å². The highest BCUT2D eigenvalue weighted by molar-refractivity contribution is 7.15. The molecule has 5 aliphatic rings. The molecule has 158 valence electrons. The van der Waals surface area contributed by atoms with E-state index in [1.807, 2.05) is 0 Å². The summed E-state index contributed by atoms with van der Waals surface area (Å²) in [5, 5.41) is 9.82. The molecular weight excluding hydrogens is 384 g/mol. The third kappa shape index (κ3) is 4.30. The fourth-order valence-corrected chi connectivity index (χ4v) is 7.67. The topological polar surface area (TPSA) is 83.1 Å². The molecule has 0 aliphatic heterocycles. The summed E-state index contributed by atoms with van der Waals surface area (Å²) < 4.78 is 0. The van der Waals surface area contributed by atoms with Gasteiger partial charge in [0.15, 0.2) is 5.13 Å². The predicted molar refractivity (Wildman–Crippen MR) is 114 cm³/mol. The van der Waals surface area contributed by atoms with E-state index in [1.165, 1.54) is 43.4 Å². The fraction of sp³-hybridized carbons (Fsp3) is 0.773. The van der Waals surface area contributed by atoms with Gasteiger partial charge in [0.2, 0.25) is 5.91 Å². The normalized spacial score (nSPS) is 32.3. The van der Waals surface area contributed by atoms with Crippen LogP contribution in [0, 0.1) is 17.8 Å². The lowest BCUT2D eigenvalue weighted by atomic mass is 9.53. The molecule has 1 aromatic rings. The number of fused-ring (bicyclic) bond motifs is 1. The Morgan fingerprint density at radius 3 is 2.41 bits per heavy atom. The largest absolute Gasteiger partial charge is 0.338 e. The highest BCUT2D eigenvalue weighted by Crippen LogP contribution is 2.55. The highest BCUT2D eigenvalue weighted by atomic mass is 32.1. The van der Waals surface area contributed by atoms with Gasteiger partial charge in [-0.2, -0.15) is 0 Å². The number of aromatic nitrogens is 1. The van der Waals surface area contributed by atoms with Crippen LogP contribution in [0.2, 0.25) is 0 Å². The van der Waals surface area contributed by atoms with Gasteiger partial charge in [-0.1, -0.05) is 6.42 Å². The molecule has 7 heteroatoms. The standard InChI is InChI=1S/C22H32N4O2S/c27-19(25-21-24-17-4-2-1-3-5-18(17)29-21)6-7-23-20(28)26-22-11-14-8-15(12-22)10-16(9-14)13-22/h14-16H,1-13H2,(H2,23,26,28)(H,24,25,27). The first-order valence-electron chi connectivity index (χ1n) is 11.4. The Balaban J connectivity index is 1.07. The van der Waals surface area contributed by atoms with Gasteiger partial charge < -0.3 is 16.0 Å². The molecule has 1 aromatic heterocycles. The maximum atomic E-state index is 12.5. The first-order chi connectivity index (χ1) is 14.1. The second kappa shape index (κ2) is 7.89. The lowest BCUT2D eigenvalue weighted by molar-refractivity contribution is -0.116. The molecule has 4 fully saturated rings. The van der Waals surface area contributed by atoms with Crippen LogP contribution in [0.25, 0.3) is 0 Å². The second-order valence-corrected chi connectivity index (χ2v) is 10.9. The third-order valence-electron chi connectivity index (χ3n) is 7.40. The van der Waals surface area contributed by atoms with E-state index >= 15 is 0 Å². The summed E-state index contributed by atoms with van der Waals surface area (Å²) in [5.41, 5.74) is 1.18. The Kier molecular flexibility index (Phi) is 5.26. The summed E-state index contributed by atoms with van der Waals surface area (Å²) in [6.07, 6.45) is 13.6. The smallest absolute Gasteiger partial charge is 0.315 e. The first-order valence-corrected chi connectivity index (χ1v) is 12.2. The Morgan fingerprint density at radius 1 is 1.00 bits per heavy atom. The van der Waals surface area contributed by atoms with E-state index in [1.54, 1.807) is 11.3 Å². The number of aryl methyl sites for hydroxylation is 2. The lowest BCUT2D eigenvalue weighted by Gasteiger charge is -2.56. The fourth-order valence-electron chi connectivity index (χ4n) is 6.60. The molecule has 0 aromatic carbocycles. The summed E-state index contributed by atoms with van der Waals surface area (Å²) in [4.78, 5) is 30.7. The van der Waals surface area contributed by atoms with E-state index in [-0.39, 0.29) is 23.9 Å². The SMILES string of the molecule is O=C(CCNC(=O)NC12CC3CC(CC(C3)C1)C2)Nc1nc2c(s1)CCCCC2. The summed E-state index contributed by atoms with van der Waals surface area (Å²) in [6.45, 7) is 0.356. The lowest BCUT2D eigenvalue weighted by Crippen LogP contribution is -2.61. The molecule has 0 radical (unpaired) electrons. The maximum absolute atomic E-state index is 12.5. The molecule has 4 saturated carbocycles. The van der Waals surface area contributed by atoms with E-state index in [2.05, 4.69) is 20.9 Å². The van der Waals surface area contributed by atoms with Gasteiger partial charge in [0, 0.05) is 23.4 Å². The Bertz CT molecular complexity index is 731. The number of nitrogens with zero attached hydrogens (tertiary/aromatic N) is 1. The third-order valence-corrected chi connectivity index (χ3v) is 8.47. The quantitative estimate of drug-likeness (QED) is 0.634. The predicted octanol–water partition coefficient (Wildman–Crippen LogP) is 4.01. The van der Waals surface area contributed by atoms with E-state index in [4.69, 9.17) is 0 Å². The summed E-state index contributed by atoms with van der Waals surface area (Å²) in [7, 11) is 0. The minimum Gasteiger partial charge on any atom is -0.338 e. The van der Waals surface area contributed by atoms with Crippen LogP contribution in [0.3, 0.4) is 0 Å². The molecule has 4 bridgehead atoms. The average molecular weight is 417 g/mol. The molecule has 0 saturated heterocycles. The van der Waals surface area contributed by atoms with Crippen LogP contribution in [-0.4, -0.2) is 29.0 Å². The number of carbonyl (C=O) groups is 2. The molecule has 6 rings (SSSR count). The van der Waals surface area contributed by atoms with Crippen molar-refractivity contribution in [3.05, 3.63) is 10.6 Å². The molecule has 1 heterocycles. The van der Waals surface area contributed by atoms with Crippen LogP contribution in [0.1, 0.15) is 74.8 Å². The van der Waals surface area contributed by atoms with Crippen molar-refractivity contribution >= 4 is 28.4 Å². The molecule has 3 amide bonds. The van der Waals surface area contributed by atoms with Crippen molar-refractivity contribution < 1.29 is 9.59 Å². The van der Waals surface area contributed by atoms with E-state index in [9.17, 15) is 9.59 Å². The zero-order valence-corrected chi connectivity index (χ0v) is 17.9. The van der Waals surface area contributed by atoms with Crippen molar-refractivity contribution in [1.82, 2.24) is 15.6 Å². The number of urea groups is 1. The monoisotopic (exact) mass is 416 g/mol. The number of thiazole rings is 1. The van der Waals surface area contributed by atoms with Crippen molar-refractivity contribution in [2.24, 2.45) is 17.8 Å². The molecule has 29 heavy (non-hydrogen) atoms. The number of rotatable bonds is 5. The number of hydrogen-bond acceptors (Lipinski definition) is 4. The van der Waals surface area contributed by atoms with Gasteiger partial charge in [-0.15, -0.1) is 11.3 Å². The molecule has 0 spiro atoms. The highest BCUT2D eigenvalue weighted by Gasteiger charge is 2.51. The average Bonchev–Trinajstić information content (AvgIpc) is 2.88. The van der Waals surface area contributed by atoms with Crippen molar-refractivity contribution in [3.63, 3.8) is 0 Å². The molecule has 0 unspecified atom stereocenters. The Morgan fingerprint density at radius 2 is 1.69 bits per heavy atom. The first kappa shape index (κ1) is 19.3. The van der Waals surface area contributed by atoms with Gasteiger partial charge in [0.25, 0.3) is 0 Å². The van der Waals surface area contributed by atoms with Crippen LogP contribution in [-0.2, 0) is 17.6 Å². The van der Waals surface area contributed by atoms with Gasteiger partial charge in [0.05, 0.1) is 5.69 Å². The summed E-state index contributed by atoms with van der Waals surface area (Å²) in [5.74, 6) is 2.34. The van der Waals surface area contributed by atoms with Crippen LogP contribution in [0.5, 0.6) is 0 Å². The van der Waals surface area contributed by atoms with Gasteiger partial charge in [-0.3, -0.25) is 4.79 Å². The number of anilines is 1. The van der Waals surface area contributed by atoms with Crippen LogP contribution < -0.4 is 16.0 Å². The zero-order valence-electron chi connectivity index (χ0n) is 17.1. The van der Waals surface area contributed by atoms with E-state index in [0.29, 0.717) is 11.7 Å². The zero-order chi connectivity index (χ0) is 19.8. The van der Waals surface area contributed by atoms with Gasteiger partial charge >= 0.3 is 6.03 Å². The molecule has 3 N–H and O–H groups in total. The van der Waals surface area contributed by atoms with Crippen LogP contribution in [0.4, 0.5) is 9.93 Å². The Labute approximate surface area is 176 Å². The minimum absolute atomic E-state index is 0.0137. The molecule has 5 aliphatic carbocycles. The Hall–Kier alpha value is -1.63.